The topological polar surface area (TPSA) is 84.0 Å². The lowest BCUT2D eigenvalue weighted by atomic mass is 10.2. The fraction of sp³-hybridized carbons (Fsp3) is 0.231. The van der Waals surface area contributed by atoms with Crippen molar-refractivity contribution in [3.63, 3.8) is 0 Å². The highest BCUT2D eigenvalue weighted by Gasteiger charge is 2.10. The molecule has 0 aliphatic heterocycles. The maximum absolute atomic E-state index is 11.9. The largest absolute Gasteiger partial charge is 0.352 e. The van der Waals surface area contributed by atoms with Crippen LogP contribution in [0.3, 0.4) is 0 Å². The fourth-order valence-corrected chi connectivity index (χ4v) is 2.59. The first-order chi connectivity index (χ1) is 10.1. The Hall–Kier alpha value is -1.99. The van der Waals surface area contributed by atoms with Gasteiger partial charge in [0, 0.05) is 19.9 Å². The van der Waals surface area contributed by atoms with Crippen molar-refractivity contribution in [3.05, 3.63) is 39.9 Å². The van der Waals surface area contributed by atoms with Gasteiger partial charge < -0.3 is 10.6 Å². The van der Waals surface area contributed by atoms with E-state index in [-0.39, 0.29) is 11.8 Å². The standard InChI is InChI=1S/C13H13ClN4O2S/c1-8(19)16-13-18-17-11(21-13)6-7-15-12(20)9-4-2-3-5-10(9)14/h2-5H,6-7H2,1H3,(H,15,20)(H,16,18,19). The molecule has 2 N–H and O–H groups in total. The first-order valence-corrected chi connectivity index (χ1v) is 7.38. The predicted octanol–water partition coefficient (Wildman–Crippen LogP) is 2.12. The average molecular weight is 325 g/mol. The van der Waals surface area contributed by atoms with Gasteiger partial charge in [-0.3, -0.25) is 9.59 Å². The molecule has 1 aromatic carbocycles. The number of anilines is 1. The molecule has 0 fully saturated rings. The molecule has 21 heavy (non-hydrogen) atoms. The Morgan fingerprint density at radius 2 is 2.05 bits per heavy atom. The quantitative estimate of drug-likeness (QED) is 0.882. The number of aromatic nitrogens is 2. The molecule has 0 aliphatic rings. The number of amides is 2. The molecule has 2 rings (SSSR count). The maximum atomic E-state index is 11.9. The van der Waals surface area contributed by atoms with Crippen LogP contribution < -0.4 is 10.6 Å². The van der Waals surface area contributed by atoms with Crippen LogP contribution in [0.5, 0.6) is 0 Å². The Morgan fingerprint density at radius 1 is 1.29 bits per heavy atom. The molecule has 0 atom stereocenters. The van der Waals surface area contributed by atoms with E-state index < -0.39 is 0 Å². The van der Waals surface area contributed by atoms with E-state index in [4.69, 9.17) is 11.6 Å². The Morgan fingerprint density at radius 3 is 2.76 bits per heavy atom. The predicted molar refractivity (Wildman–Crippen MR) is 81.7 cm³/mol. The Balaban J connectivity index is 1.84. The van der Waals surface area contributed by atoms with Gasteiger partial charge in [0.15, 0.2) is 0 Å². The van der Waals surface area contributed by atoms with E-state index in [1.807, 2.05) is 0 Å². The maximum Gasteiger partial charge on any atom is 0.252 e. The summed E-state index contributed by atoms with van der Waals surface area (Å²) >= 11 is 7.23. The summed E-state index contributed by atoms with van der Waals surface area (Å²) in [6.07, 6.45) is 0.535. The molecular formula is C13H13ClN4O2S. The molecular weight excluding hydrogens is 312 g/mol. The lowest BCUT2D eigenvalue weighted by Crippen LogP contribution is -2.25. The van der Waals surface area contributed by atoms with E-state index in [1.165, 1.54) is 18.3 Å². The third-order valence-corrected chi connectivity index (χ3v) is 3.72. The van der Waals surface area contributed by atoms with Crippen molar-refractivity contribution >= 4 is 39.9 Å². The third kappa shape index (κ3) is 4.51. The monoisotopic (exact) mass is 324 g/mol. The van der Waals surface area contributed by atoms with Crippen LogP contribution in [0, 0.1) is 0 Å². The third-order valence-electron chi connectivity index (χ3n) is 2.49. The Bertz CT molecular complexity index is 659. The van der Waals surface area contributed by atoms with Crippen molar-refractivity contribution in [1.82, 2.24) is 15.5 Å². The van der Waals surface area contributed by atoms with E-state index in [1.54, 1.807) is 24.3 Å². The summed E-state index contributed by atoms with van der Waals surface area (Å²) in [6.45, 7) is 1.82. The summed E-state index contributed by atoms with van der Waals surface area (Å²) in [7, 11) is 0. The van der Waals surface area contributed by atoms with Crippen LogP contribution in [0.1, 0.15) is 22.3 Å². The minimum absolute atomic E-state index is 0.190. The normalized spacial score (nSPS) is 10.2. The SMILES string of the molecule is CC(=O)Nc1nnc(CCNC(=O)c2ccccc2Cl)s1. The van der Waals surface area contributed by atoms with Crippen molar-refractivity contribution in [3.8, 4) is 0 Å². The summed E-state index contributed by atoms with van der Waals surface area (Å²) in [5.74, 6) is -0.420. The van der Waals surface area contributed by atoms with Crippen LogP contribution in [0.15, 0.2) is 24.3 Å². The average Bonchev–Trinajstić information content (AvgIpc) is 2.85. The zero-order chi connectivity index (χ0) is 15.2. The van der Waals surface area contributed by atoms with Gasteiger partial charge in [-0.1, -0.05) is 35.1 Å². The van der Waals surface area contributed by atoms with Gasteiger partial charge in [-0.25, -0.2) is 0 Å². The van der Waals surface area contributed by atoms with Gasteiger partial charge >= 0.3 is 0 Å². The molecule has 0 saturated heterocycles. The van der Waals surface area contributed by atoms with Crippen LogP contribution in [-0.2, 0) is 11.2 Å². The molecule has 0 spiro atoms. The first kappa shape index (κ1) is 15.4. The van der Waals surface area contributed by atoms with E-state index in [0.717, 1.165) is 5.01 Å². The minimum Gasteiger partial charge on any atom is -0.352 e. The second-order valence-electron chi connectivity index (χ2n) is 4.17. The van der Waals surface area contributed by atoms with E-state index >= 15 is 0 Å². The Labute approximate surface area is 130 Å². The van der Waals surface area contributed by atoms with Gasteiger partial charge in [0.05, 0.1) is 10.6 Å². The number of benzene rings is 1. The molecule has 6 nitrogen and oxygen atoms in total. The van der Waals surface area contributed by atoms with Crippen molar-refractivity contribution in [2.24, 2.45) is 0 Å². The molecule has 2 amide bonds. The number of rotatable bonds is 5. The number of nitrogens with zero attached hydrogens (tertiary/aromatic N) is 2. The van der Waals surface area contributed by atoms with E-state index in [9.17, 15) is 9.59 Å². The highest BCUT2D eigenvalue weighted by Crippen LogP contribution is 2.16. The number of nitrogens with one attached hydrogen (secondary N) is 2. The summed E-state index contributed by atoms with van der Waals surface area (Å²) in [4.78, 5) is 22.8. The number of carbonyl (C=O) groups is 2. The van der Waals surface area contributed by atoms with Crippen LogP contribution >= 0.6 is 22.9 Å². The van der Waals surface area contributed by atoms with Crippen molar-refractivity contribution in [2.75, 3.05) is 11.9 Å². The van der Waals surface area contributed by atoms with E-state index in [2.05, 4.69) is 20.8 Å². The first-order valence-electron chi connectivity index (χ1n) is 6.19. The van der Waals surface area contributed by atoms with Crippen molar-refractivity contribution < 1.29 is 9.59 Å². The zero-order valence-electron chi connectivity index (χ0n) is 11.2. The van der Waals surface area contributed by atoms with Gasteiger partial charge in [0.25, 0.3) is 5.91 Å². The highest BCUT2D eigenvalue weighted by atomic mass is 35.5. The van der Waals surface area contributed by atoms with Crippen molar-refractivity contribution in [1.29, 1.82) is 0 Å². The van der Waals surface area contributed by atoms with Gasteiger partial charge in [-0.05, 0) is 12.1 Å². The van der Waals surface area contributed by atoms with Crippen LogP contribution in [0.4, 0.5) is 5.13 Å². The molecule has 0 bridgehead atoms. The van der Waals surface area contributed by atoms with Crippen molar-refractivity contribution in [2.45, 2.75) is 13.3 Å². The molecule has 1 aromatic heterocycles. The van der Waals surface area contributed by atoms with Crippen LogP contribution in [0.2, 0.25) is 5.02 Å². The van der Waals surface area contributed by atoms with E-state index in [0.29, 0.717) is 28.7 Å². The number of hydrogen-bond donors (Lipinski definition) is 2. The summed E-state index contributed by atoms with van der Waals surface area (Å²) in [6, 6.07) is 6.85. The minimum atomic E-state index is -0.229. The molecule has 1 heterocycles. The summed E-state index contributed by atoms with van der Waals surface area (Å²) in [5, 5.41) is 14.7. The smallest absolute Gasteiger partial charge is 0.252 e. The van der Waals surface area contributed by atoms with Crippen LogP contribution in [-0.4, -0.2) is 28.6 Å². The van der Waals surface area contributed by atoms with Gasteiger partial charge in [0.1, 0.15) is 5.01 Å². The second kappa shape index (κ2) is 7.14. The molecule has 0 radical (unpaired) electrons. The number of halogens is 1. The Kier molecular flexibility index (Phi) is 5.24. The number of carbonyl (C=O) groups excluding carboxylic acids is 2. The van der Waals surface area contributed by atoms with Gasteiger partial charge in [-0.2, -0.15) is 0 Å². The number of hydrogen-bond acceptors (Lipinski definition) is 5. The fourth-order valence-electron chi connectivity index (χ4n) is 1.58. The lowest BCUT2D eigenvalue weighted by Gasteiger charge is -2.05. The molecule has 110 valence electrons. The molecule has 0 unspecified atom stereocenters. The second-order valence-corrected chi connectivity index (χ2v) is 5.64. The van der Waals surface area contributed by atoms with Gasteiger partial charge in [-0.15, -0.1) is 10.2 Å². The lowest BCUT2D eigenvalue weighted by molar-refractivity contribution is -0.114. The summed E-state index contributed by atoms with van der Waals surface area (Å²) < 4.78 is 0. The zero-order valence-corrected chi connectivity index (χ0v) is 12.8. The highest BCUT2D eigenvalue weighted by molar-refractivity contribution is 7.15. The van der Waals surface area contributed by atoms with Crippen LogP contribution in [0.25, 0.3) is 0 Å². The molecule has 2 aromatic rings. The molecule has 0 saturated carbocycles. The molecule has 0 aliphatic carbocycles. The molecule has 8 heteroatoms. The van der Waals surface area contributed by atoms with Gasteiger partial charge in [0.2, 0.25) is 11.0 Å². The summed E-state index contributed by atoms with van der Waals surface area (Å²) in [5.41, 5.74) is 0.440.